The molecule has 0 aromatic heterocycles. The fraction of sp³-hybridized carbons (Fsp3) is 0. The molecular formula is C7H5ClO2. The van der Waals surface area contributed by atoms with E-state index in [4.69, 9.17) is 13.0 Å². The Labute approximate surface area is 64.5 Å². The molecule has 0 bridgehead atoms. The Bertz CT molecular complexity index is 258. The van der Waals surface area contributed by atoms with Crippen LogP contribution in [-0.2, 0) is 0 Å². The average Bonchev–Trinajstić information content (AvgIpc) is 2.05. The van der Waals surface area contributed by atoms with Crippen LogP contribution in [0.5, 0.6) is 0 Å². The van der Waals surface area contributed by atoms with Crippen LogP contribution in [0.25, 0.3) is 1.43 Å². The zero-order valence-electron chi connectivity index (χ0n) is 6.00. The van der Waals surface area contributed by atoms with Gasteiger partial charge in [-0.05, 0) is 24.3 Å². The predicted octanol–water partition coefficient (Wildman–Crippen LogP) is 2.04. The Morgan fingerprint density at radius 1 is 1.50 bits per heavy atom. The van der Waals surface area contributed by atoms with Crippen molar-refractivity contribution < 1.29 is 9.90 Å². The van der Waals surface area contributed by atoms with Gasteiger partial charge >= 0.3 is 5.97 Å². The molecule has 0 saturated carbocycles. The predicted molar refractivity (Wildman–Crippen MR) is 38.4 cm³/mol. The Hall–Kier alpha value is -1.02. The minimum Gasteiger partial charge on any atom is -0.478 e. The lowest BCUT2D eigenvalue weighted by atomic mass is 10.2. The van der Waals surface area contributed by atoms with Gasteiger partial charge in [0.15, 0.2) is 0 Å². The highest BCUT2D eigenvalue weighted by Gasteiger charge is 1.99. The van der Waals surface area contributed by atoms with E-state index in [-0.39, 0.29) is 0 Å². The minimum atomic E-state index is -0.679. The Morgan fingerprint density at radius 3 is 2.60 bits per heavy atom. The van der Waals surface area contributed by atoms with E-state index in [1.807, 2.05) is 0 Å². The summed E-state index contributed by atoms with van der Waals surface area (Å²) >= 11 is 5.56. The van der Waals surface area contributed by atoms with Crippen LogP contribution < -0.4 is 0 Å². The number of halogens is 1. The first-order chi connectivity index (χ1) is 5.24. The lowest BCUT2D eigenvalue weighted by molar-refractivity contribution is 0.0697. The first-order valence-electron chi connectivity index (χ1n) is 3.08. The van der Waals surface area contributed by atoms with Crippen LogP contribution in [0.3, 0.4) is 0 Å². The number of aromatic carboxylic acids is 1. The van der Waals surface area contributed by atoms with Gasteiger partial charge in [0, 0.05) is 5.02 Å². The van der Waals surface area contributed by atoms with Gasteiger partial charge in [0.2, 0.25) is 0 Å². The Morgan fingerprint density at radius 2 is 2.10 bits per heavy atom. The summed E-state index contributed by atoms with van der Waals surface area (Å²) in [6.07, 6.45) is 0. The summed E-state index contributed by atoms with van der Waals surface area (Å²) in [4.78, 5) is 10.7. The van der Waals surface area contributed by atoms with Crippen LogP contribution >= 0.6 is 11.6 Å². The maximum atomic E-state index is 10.7. The van der Waals surface area contributed by atoms with E-state index in [0.717, 1.165) is 0 Å². The van der Waals surface area contributed by atoms with Crippen molar-refractivity contribution in [2.45, 2.75) is 0 Å². The van der Waals surface area contributed by atoms with Gasteiger partial charge in [-0.15, -0.1) is 0 Å². The Balaban J connectivity index is 2.90. The van der Waals surface area contributed by atoms with E-state index in [2.05, 4.69) is 5.11 Å². The van der Waals surface area contributed by atoms with Gasteiger partial charge in [0.25, 0.3) is 1.43 Å². The third-order valence-electron chi connectivity index (χ3n) is 1.08. The lowest BCUT2D eigenvalue weighted by Crippen LogP contribution is -1.94. The number of carboxylic acids is 1. The maximum absolute atomic E-state index is 10.7. The van der Waals surface area contributed by atoms with Gasteiger partial charge in [-0.3, -0.25) is 0 Å². The largest absolute Gasteiger partial charge is 0.478 e. The molecule has 0 aliphatic carbocycles. The van der Waals surface area contributed by atoms with Crippen molar-refractivity contribution >= 4 is 17.6 Å². The quantitative estimate of drug-likeness (QED) is 0.678. The van der Waals surface area contributed by atoms with E-state index < -0.39 is 5.97 Å². The zero-order valence-corrected chi connectivity index (χ0v) is 5.76. The van der Waals surface area contributed by atoms with Crippen molar-refractivity contribution in [3.63, 3.8) is 0 Å². The zero-order chi connectivity index (χ0) is 8.27. The number of carbonyl (C=O) groups is 1. The third-order valence-corrected chi connectivity index (χ3v) is 1.33. The van der Waals surface area contributed by atoms with E-state index >= 15 is 0 Å². The second-order valence-corrected chi connectivity index (χ2v) is 2.23. The molecule has 0 heterocycles. The van der Waals surface area contributed by atoms with E-state index in [9.17, 15) is 4.79 Å². The molecule has 2 nitrogen and oxygen atoms in total. The highest BCUT2D eigenvalue weighted by atomic mass is 35.5. The minimum absolute atomic E-state index is 0.324. The third kappa shape index (κ3) is 1.48. The number of carboxylic acid groups (broad SMARTS) is 1. The molecule has 0 aliphatic heterocycles. The van der Waals surface area contributed by atoms with Crippen LogP contribution in [0.2, 0.25) is 5.02 Å². The highest BCUT2D eigenvalue weighted by Crippen LogP contribution is 2.08. The molecule has 3 heteroatoms. The van der Waals surface area contributed by atoms with Crippen LogP contribution in [-0.4, -0.2) is 11.1 Å². The molecule has 0 spiro atoms. The van der Waals surface area contributed by atoms with Gasteiger partial charge in [-0.1, -0.05) is 11.6 Å². The maximum Gasteiger partial charge on any atom is 0.335 e. The van der Waals surface area contributed by atoms with Gasteiger partial charge in [0.1, 0.15) is 0 Å². The van der Waals surface area contributed by atoms with Gasteiger partial charge < -0.3 is 5.11 Å². The normalized spacial score (nSPS) is 10.3. The molecular weight excluding hydrogens is 152 g/mol. The molecule has 1 rings (SSSR count). The number of hydrogen-bond donors (Lipinski definition) is 1. The monoisotopic (exact) mass is 157 g/mol. The van der Waals surface area contributed by atoms with Crippen molar-refractivity contribution in [1.82, 2.24) is 0 Å². The summed E-state index contributed by atoms with van der Waals surface area (Å²) in [5.41, 5.74) is 0.324. The molecule has 0 unspecified atom stereocenters. The van der Waals surface area contributed by atoms with Crippen molar-refractivity contribution in [2.75, 3.05) is 0 Å². The molecule has 0 atom stereocenters. The van der Waals surface area contributed by atoms with E-state index in [1.54, 1.807) is 12.1 Å². The van der Waals surface area contributed by atoms with E-state index in [0.29, 0.717) is 10.6 Å². The first kappa shape index (κ1) is 5.74. The number of hydrogen-bond acceptors (Lipinski definition) is 2. The van der Waals surface area contributed by atoms with Crippen molar-refractivity contribution in [3.05, 3.63) is 34.9 Å². The fourth-order valence-electron chi connectivity index (χ4n) is 0.586. The summed E-state index contributed by atoms with van der Waals surface area (Å²) in [7, 11) is 0. The molecule has 0 radical (unpaired) electrons. The molecule has 52 valence electrons. The molecule has 0 fully saturated rings. The second-order valence-electron chi connectivity index (χ2n) is 1.79. The molecule has 1 aromatic carbocycles. The summed E-state index contributed by atoms with van der Waals surface area (Å²) in [6, 6.07) is 6.13. The van der Waals surface area contributed by atoms with Gasteiger partial charge in [-0.25, -0.2) is 4.79 Å². The molecule has 0 saturated heterocycles. The van der Waals surface area contributed by atoms with Crippen LogP contribution in [0.15, 0.2) is 24.3 Å². The smallest absolute Gasteiger partial charge is 0.335 e. The number of benzene rings is 1. The molecule has 0 amide bonds. The topological polar surface area (TPSA) is 37.3 Å². The summed E-state index contributed by atoms with van der Waals surface area (Å²) in [5, 5.41) is 4.29. The molecule has 1 N–H and O–H groups in total. The van der Waals surface area contributed by atoms with Crippen LogP contribution in [0.1, 0.15) is 10.4 Å². The number of rotatable bonds is 1. The first-order valence-corrected chi connectivity index (χ1v) is 3.05. The molecule has 0 aliphatic rings. The average molecular weight is 158 g/mol. The SMILES string of the molecule is [2H]OC(=O)c1ccc(Cl)cc1. The summed E-state index contributed by atoms with van der Waals surface area (Å²) in [6.45, 7) is 0. The van der Waals surface area contributed by atoms with E-state index in [1.165, 1.54) is 12.1 Å². The van der Waals surface area contributed by atoms with Gasteiger partial charge in [-0.2, -0.15) is 0 Å². The lowest BCUT2D eigenvalue weighted by Gasteiger charge is -1.91. The standard InChI is InChI=1S/C7H5ClO2/c8-6-3-1-5(2-4-6)7(9)10/h1-4H,(H,9,10)/i/hD. The van der Waals surface area contributed by atoms with Crippen molar-refractivity contribution in [1.29, 1.82) is 1.43 Å². The van der Waals surface area contributed by atoms with Crippen LogP contribution in [0.4, 0.5) is 0 Å². The Kier molecular flexibility index (Phi) is 1.56. The summed E-state index contributed by atoms with van der Waals surface area (Å²) < 4.78 is 6.32. The van der Waals surface area contributed by atoms with Crippen molar-refractivity contribution in [2.24, 2.45) is 0 Å². The summed E-state index contributed by atoms with van der Waals surface area (Å²) in [5.74, 6) is -0.679. The second kappa shape index (κ2) is 2.71. The van der Waals surface area contributed by atoms with Gasteiger partial charge in [0.05, 0.1) is 5.56 Å². The molecule has 1 aromatic rings. The van der Waals surface area contributed by atoms with Crippen LogP contribution in [0, 0.1) is 0 Å². The van der Waals surface area contributed by atoms with Crippen molar-refractivity contribution in [3.8, 4) is 0 Å². The fourth-order valence-corrected chi connectivity index (χ4v) is 0.712. The molecule has 10 heavy (non-hydrogen) atoms. The highest BCUT2D eigenvalue weighted by molar-refractivity contribution is 6.30.